The number of cyclic esters (lactones) is 1. The molecule has 0 amide bonds. The zero-order chi connectivity index (χ0) is 40.8. The number of hydrogen-bond acceptors (Lipinski definition) is 13. The van der Waals surface area contributed by atoms with Crippen molar-refractivity contribution in [2.24, 2.45) is 17.8 Å². The van der Waals surface area contributed by atoms with Gasteiger partial charge in [-0.2, -0.15) is 0 Å². The third-order valence-corrected chi connectivity index (χ3v) is 10.9. The molecule has 55 heavy (non-hydrogen) atoms. The third kappa shape index (κ3) is 9.96. The number of benzene rings is 1. The summed E-state index contributed by atoms with van der Waals surface area (Å²) in [4.78, 5) is 74.9. The smallest absolute Gasteiger partial charge is 0.420 e. The number of Topliss-reactive ketones (excluding diaryl/α,β-unsaturated/α-hetero) is 2. The van der Waals surface area contributed by atoms with Gasteiger partial charge in [-0.25, -0.2) is 19.1 Å². The molecule has 0 N–H and O–H groups in total. The number of carbonyl (C=O) groups is 5. The molecule has 2 aliphatic heterocycles. The monoisotopic (exact) mass is 767 g/mol. The molecule has 302 valence electrons. The normalized spacial score (nSPS) is 34.0. The van der Waals surface area contributed by atoms with Gasteiger partial charge < -0.3 is 33.3 Å². The van der Waals surface area contributed by atoms with Crippen LogP contribution >= 0.6 is 0 Å². The van der Waals surface area contributed by atoms with Gasteiger partial charge in [0.05, 0.1) is 29.4 Å². The van der Waals surface area contributed by atoms with Gasteiger partial charge in [0.1, 0.15) is 18.3 Å². The Morgan fingerprint density at radius 2 is 1.73 bits per heavy atom. The van der Waals surface area contributed by atoms with Gasteiger partial charge in [0.2, 0.25) is 0 Å². The molecule has 4 rings (SSSR count). The van der Waals surface area contributed by atoms with Gasteiger partial charge in [-0.3, -0.25) is 14.4 Å². The van der Waals surface area contributed by atoms with Crippen molar-refractivity contribution in [3.05, 3.63) is 66.3 Å². The highest BCUT2D eigenvalue weighted by Gasteiger charge is 2.51. The van der Waals surface area contributed by atoms with Crippen LogP contribution in [-0.4, -0.2) is 113 Å². The summed E-state index contributed by atoms with van der Waals surface area (Å²) in [5.41, 5.74) is -2.32. The van der Waals surface area contributed by atoms with Crippen LogP contribution in [0.2, 0.25) is 0 Å². The molecule has 1 fully saturated rings. The Bertz CT molecular complexity index is 1700. The van der Waals surface area contributed by atoms with Crippen LogP contribution in [0.5, 0.6) is 0 Å². The van der Waals surface area contributed by atoms with Crippen molar-refractivity contribution in [3.63, 3.8) is 0 Å². The first-order valence-corrected chi connectivity index (χ1v) is 18.8. The molecule has 14 heteroatoms. The van der Waals surface area contributed by atoms with Crippen molar-refractivity contribution in [2.45, 2.75) is 123 Å². The zero-order valence-electron chi connectivity index (χ0n) is 33.8. The molecule has 0 saturated carbocycles. The second-order valence-corrected chi connectivity index (χ2v) is 15.5. The van der Waals surface area contributed by atoms with E-state index in [0.717, 1.165) is 4.57 Å². The van der Waals surface area contributed by atoms with Crippen LogP contribution in [0.25, 0.3) is 0 Å². The Hall–Kier alpha value is -4.24. The largest absolute Gasteiger partial charge is 0.457 e. The predicted molar refractivity (Wildman–Crippen MR) is 201 cm³/mol. The van der Waals surface area contributed by atoms with E-state index in [4.69, 9.17) is 28.4 Å². The van der Waals surface area contributed by atoms with Crippen molar-refractivity contribution in [3.8, 4) is 0 Å². The highest BCUT2D eigenvalue weighted by atomic mass is 16.7. The first-order valence-electron chi connectivity index (χ1n) is 18.8. The second kappa shape index (κ2) is 18.1. The molecule has 1 aromatic heterocycles. The molecule has 11 atom stereocenters. The van der Waals surface area contributed by atoms with Gasteiger partial charge in [-0.05, 0) is 91.8 Å². The summed E-state index contributed by atoms with van der Waals surface area (Å²) in [5, 5.41) is 0. The zero-order valence-corrected chi connectivity index (χ0v) is 33.8. The van der Waals surface area contributed by atoms with Gasteiger partial charge in [0.25, 0.3) is 0 Å². The van der Waals surface area contributed by atoms with Crippen molar-refractivity contribution in [1.82, 2.24) is 14.5 Å². The van der Waals surface area contributed by atoms with Crippen LogP contribution in [0.15, 0.2) is 60.7 Å². The summed E-state index contributed by atoms with van der Waals surface area (Å²) in [6.45, 7) is 13.4. The van der Waals surface area contributed by atoms with Crippen LogP contribution in [0.1, 0.15) is 85.0 Å². The Balaban J connectivity index is 1.78. The predicted octanol–water partition coefficient (Wildman–Crippen LogP) is 5.43. The van der Waals surface area contributed by atoms with Crippen LogP contribution < -0.4 is 0 Å². The van der Waals surface area contributed by atoms with Crippen LogP contribution in [-0.2, 0) is 42.8 Å². The molecule has 0 aliphatic carbocycles. The second-order valence-electron chi connectivity index (χ2n) is 15.5. The van der Waals surface area contributed by atoms with Gasteiger partial charge in [0, 0.05) is 31.3 Å². The van der Waals surface area contributed by atoms with E-state index in [9.17, 15) is 24.0 Å². The molecule has 0 radical (unpaired) electrons. The quantitative estimate of drug-likeness (QED) is 0.190. The van der Waals surface area contributed by atoms with Crippen molar-refractivity contribution < 1.29 is 52.4 Å². The Labute approximate surface area is 323 Å². The molecule has 14 nitrogen and oxygen atoms in total. The van der Waals surface area contributed by atoms with E-state index >= 15 is 0 Å². The number of esters is 2. The molecular weight excluding hydrogens is 710 g/mol. The van der Waals surface area contributed by atoms with E-state index in [-0.39, 0.29) is 36.3 Å². The maximum Gasteiger partial charge on any atom is 0.420 e. The van der Waals surface area contributed by atoms with Crippen molar-refractivity contribution in [1.29, 1.82) is 0 Å². The lowest BCUT2D eigenvalue weighted by Crippen LogP contribution is -2.60. The molecule has 2 aromatic rings. The Morgan fingerprint density at radius 1 is 1.05 bits per heavy atom. The minimum Gasteiger partial charge on any atom is -0.457 e. The highest BCUT2D eigenvalue weighted by molar-refractivity contribution is 6.00. The fourth-order valence-electron chi connectivity index (χ4n) is 7.68. The van der Waals surface area contributed by atoms with Gasteiger partial charge >= 0.3 is 18.0 Å². The number of likely N-dealkylation sites (N-methyl/N-ethyl adjacent to an activating group) is 1. The lowest BCUT2D eigenvalue weighted by molar-refractivity contribution is -0.294. The van der Waals surface area contributed by atoms with E-state index in [2.05, 4.69) is 4.98 Å². The Kier molecular flexibility index (Phi) is 14.3. The molecule has 3 heterocycles. The summed E-state index contributed by atoms with van der Waals surface area (Å²) in [6.07, 6.45) is 0.963. The molecule has 0 unspecified atom stereocenters. The standard InChI is InChI=1S/C41H57N3O11/c1-12-31-40(7,55-39(49)44-19-18-42-23-44)21-24(2)32(45)25(3)22-41(8,50-11)35(27(5)33(46)28(6)36(47)52-31)54-38-34(30(43(9)10)20-26(4)51-38)53-37(48)29-16-14-13-15-17-29/h13-19,21,23,25-28,30-31,34-35,38H,12,20,22H2,1-11H3/t25-,26-,27+,28-,30+,31-,34-,35-,38+,40+,41+/m1/s1. The lowest BCUT2D eigenvalue weighted by Gasteiger charge is -2.47. The van der Waals surface area contributed by atoms with E-state index < -0.39 is 77.4 Å². The summed E-state index contributed by atoms with van der Waals surface area (Å²) in [7, 11) is 5.21. The first kappa shape index (κ1) is 43.5. The fraction of sp³-hybridized carbons (Fsp3) is 0.610. The SMILES string of the molecule is CC[C@H]1OC(=O)[C@H](C)C(=O)[C@H](C)[C@@H](O[C@@H]2O[C@H](C)C[C@H](N(C)C)[C@H]2OC(=O)c2ccccc2)[C@@](C)(OC)C[C@@H](C)C(=O)C(C)=C[C@]1(C)OC(=O)n1ccnc1. The number of methoxy groups -OCH3 is 1. The molecule has 1 saturated heterocycles. The van der Waals surface area contributed by atoms with E-state index in [0.29, 0.717) is 12.0 Å². The van der Waals surface area contributed by atoms with Crippen LogP contribution in [0, 0.1) is 17.8 Å². The molecule has 0 bridgehead atoms. The number of ether oxygens (including phenoxy) is 6. The Morgan fingerprint density at radius 3 is 2.31 bits per heavy atom. The molecule has 0 spiro atoms. The number of ketones is 2. The van der Waals surface area contributed by atoms with E-state index in [1.165, 1.54) is 38.8 Å². The number of rotatable bonds is 8. The summed E-state index contributed by atoms with van der Waals surface area (Å²) < 4.78 is 38.5. The van der Waals surface area contributed by atoms with E-state index in [1.807, 2.05) is 25.9 Å². The van der Waals surface area contributed by atoms with Crippen LogP contribution in [0.4, 0.5) is 4.79 Å². The van der Waals surface area contributed by atoms with Crippen LogP contribution in [0.3, 0.4) is 0 Å². The summed E-state index contributed by atoms with van der Waals surface area (Å²) >= 11 is 0. The maximum atomic E-state index is 14.4. The molecular formula is C41H57N3O11. The number of allylic oxidation sites excluding steroid dienone is 1. The van der Waals surface area contributed by atoms with Gasteiger partial charge in [-0.15, -0.1) is 0 Å². The number of imidazole rings is 1. The molecule has 1 aromatic carbocycles. The summed E-state index contributed by atoms with van der Waals surface area (Å²) in [6, 6.07) is 8.25. The minimum absolute atomic E-state index is 0.0746. The average Bonchev–Trinajstić information content (AvgIpc) is 3.70. The average molecular weight is 768 g/mol. The number of carbonyl (C=O) groups excluding carboxylic acids is 5. The minimum atomic E-state index is -1.61. The van der Waals surface area contributed by atoms with Crippen molar-refractivity contribution in [2.75, 3.05) is 21.2 Å². The van der Waals surface area contributed by atoms with Gasteiger partial charge in [0.15, 0.2) is 29.6 Å². The topological polar surface area (TPSA) is 162 Å². The third-order valence-electron chi connectivity index (χ3n) is 10.9. The van der Waals surface area contributed by atoms with E-state index in [1.54, 1.807) is 71.9 Å². The van der Waals surface area contributed by atoms with Crippen molar-refractivity contribution >= 4 is 29.6 Å². The first-order chi connectivity index (χ1) is 25.8. The fourth-order valence-corrected chi connectivity index (χ4v) is 7.68. The number of aromatic nitrogens is 2. The molecule has 2 aliphatic rings. The number of hydrogen-bond donors (Lipinski definition) is 0. The van der Waals surface area contributed by atoms with Gasteiger partial charge in [-0.1, -0.05) is 39.0 Å². The summed E-state index contributed by atoms with van der Waals surface area (Å²) in [5.74, 6) is -5.23. The highest BCUT2D eigenvalue weighted by Crippen LogP contribution is 2.38. The maximum absolute atomic E-state index is 14.4. The number of nitrogens with zero attached hydrogens (tertiary/aromatic N) is 3. The lowest BCUT2D eigenvalue weighted by atomic mass is 9.77.